The van der Waals surface area contributed by atoms with Gasteiger partial charge in [-0.1, -0.05) is 11.6 Å². The van der Waals surface area contributed by atoms with E-state index >= 15 is 0 Å². The zero-order valence-electron chi connectivity index (χ0n) is 17.1. The number of piperazine rings is 1. The number of nitrogens with zero attached hydrogens (tertiary/aromatic N) is 2. The molecule has 3 fully saturated rings. The third kappa shape index (κ3) is 2.74. The quantitative estimate of drug-likeness (QED) is 0.547. The van der Waals surface area contributed by atoms with E-state index in [9.17, 15) is 19.2 Å². The Morgan fingerprint density at radius 2 is 1.97 bits per heavy atom. The fourth-order valence-corrected chi connectivity index (χ4v) is 5.53. The van der Waals surface area contributed by atoms with E-state index in [1.165, 1.54) is 13.4 Å². The van der Waals surface area contributed by atoms with Crippen LogP contribution in [-0.2, 0) is 23.9 Å². The van der Waals surface area contributed by atoms with Gasteiger partial charge in [0.05, 0.1) is 43.4 Å². The van der Waals surface area contributed by atoms with E-state index in [0.717, 1.165) is 4.90 Å². The average molecular weight is 458 g/mol. The van der Waals surface area contributed by atoms with Gasteiger partial charge in [-0.25, -0.2) is 4.90 Å². The Kier molecular flexibility index (Phi) is 4.83. The maximum absolute atomic E-state index is 13.8. The van der Waals surface area contributed by atoms with Crippen LogP contribution in [0.15, 0.2) is 47.1 Å². The number of imide groups is 1. The summed E-state index contributed by atoms with van der Waals surface area (Å²) in [5, 5.41) is 3.24. The molecular weight excluding hydrogens is 438 g/mol. The highest BCUT2D eigenvalue weighted by atomic mass is 35.5. The van der Waals surface area contributed by atoms with E-state index in [1.54, 1.807) is 41.3 Å². The highest BCUT2D eigenvalue weighted by Gasteiger charge is 2.73. The molecule has 3 saturated heterocycles. The van der Waals surface area contributed by atoms with Gasteiger partial charge in [-0.3, -0.25) is 24.1 Å². The predicted molar refractivity (Wildman–Crippen MR) is 111 cm³/mol. The summed E-state index contributed by atoms with van der Waals surface area (Å²) in [6.07, 6.45) is 1.12. The Morgan fingerprint density at radius 3 is 2.62 bits per heavy atom. The Bertz CT molecular complexity index is 1100. The van der Waals surface area contributed by atoms with Crippen LogP contribution in [0.3, 0.4) is 0 Å². The highest BCUT2D eigenvalue weighted by Crippen LogP contribution is 2.57. The normalized spacial score (nSPS) is 29.6. The van der Waals surface area contributed by atoms with Crippen LogP contribution in [0, 0.1) is 11.8 Å². The standard InChI is InChI=1S/C22H20ClN3O6/c1-31-15(27)11-22-17-16(19(28)26(20(17)29)13-6-4-12(23)5-7-13)18(14-3-2-10-32-14)25(22)9-8-24-21(22)30/h2-7,10,16-18H,8-9,11H2,1H3,(H,24,30)/t16-,17-,18+,22+/m1/s1. The molecular formula is C22H20ClN3O6. The number of methoxy groups -OCH3 is 1. The molecule has 5 rings (SSSR count). The van der Waals surface area contributed by atoms with Crippen LogP contribution in [0.2, 0.25) is 5.02 Å². The molecule has 3 aliphatic heterocycles. The first-order chi connectivity index (χ1) is 15.4. The van der Waals surface area contributed by atoms with Crippen molar-refractivity contribution in [1.29, 1.82) is 0 Å². The van der Waals surface area contributed by atoms with Crippen LogP contribution in [0.1, 0.15) is 18.2 Å². The van der Waals surface area contributed by atoms with Gasteiger partial charge < -0.3 is 14.5 Å². The van der Waals surface area contributed by atoms with Crippen molar-refractivity contribution in [2.24, 2.45) is 11.8 Å². The lowest BCUT2D eigenvalue weighted by molar-refractivity contribution is -0.154. The lowest BCUT2D eigenvalue weighted by Gasteiger charge is -2.44. The van der Waals surface area contributed by atoms with Crippen LogP contribution in [0.4, 0.5) is 5.69 Å². The first-order valence-electron chi connectivity index (χ1n) is 10.2. The Balaban J connectivity index is 1.69. The molecule has 0 aliphatic carbocycles. The summed E-state index contributed by atoms with van der Waals surface area (Å²) in [7, 11) is 1.22. The van der Waals surface area contributed by atoms with Gasteiger partial charge in [0.25, 0.3) is 0 Å². The van der Waals surface area contributed by atoms with E-state index in [4.69, 9.17) is 20.8 Å². The molecule has 1 aromatic heterocycles. The molecule has 0 saturated carbocycles. The van der Waals surface area contributed by atoms with Crippen molar-refractivity contribution in [3.63, 3.8) is 0 Å². The summed E-state index contributed by atoms with van der Waals surface area (Å²) in [4.78, 5) is 56.1. The SMILES string of the molecule is COC(=O)C[C@]12C(=O)NCCN1[C@@H](c1ccco1)[C@@H]1C(=O)N(c3ccc(Cl)cc3)C(=O)[C@@H]12. The fourth-order valence-electron chi connectivity index (χ4n) is 5.40. The molecule has 1 N–H and O–H groups in total. The van der Waals surface area contributed by atoms with Crippen LogP contribution in [0.25, 0.3) is 0 Å². The molecule has 32 heavy (non-hydrogen) atoms. The lowest BCUT2D eigenvalue weighted by atomic mass is 9.76. The smallest absolute Gasteiger partial charge is 0.307 e. The van der Waals surface area contributed by atoms with Gasteiger partial charge in [0.15, 0.2) is 0 Å². The number of carbonyl (C=O) groups is 4. The molecule has 4 atom stereocenters. The molecule has 0 bridgehead atoms. The van der Waals surface area contributed by atoms with Gasteiger partial charge in [-0.05, 0) is 36.4 Å². The molecule has 0 unspecified atom stereocenters. The maximum Gasteiger partial charge on any atom is 0.307 e. The second-order valence-electron chi connectivity index (χ2n) is 8.08. The first kappa shape index (κ1) is 20.7. The zero-order chi connectivity index (χ0) is 22.6. The lowest BCUT2D eigenvalue weighted by Crippen LogP contribution is -2.67. The number of benzene rings is 1. The topological polar surface area (TPSA) is 109 Å². The van der Waals surface area contributed by atoms with E-state index < -0.39 is 47.1 Å². The number of hydrogen-bond acceptors (Lipinski definition) is 7. The van der Waals surface area contributed by atoms with Crippen LogP contribution in [0.5, 0.6) is 0 Å². The van der Waals surface area contributed by atoms with E-state index in [1.807, 2.05) is 0 Å². The molecule has 166 valence electrons. The summed E-state index contributed by atoms with van der Waals surface area (Å²) < 4.78 is 10.5. The number of carbonyl (C=O) groups excluding carboxylic acids is 4. The van der Waals surface area contributed by atoms with Crippen LogP contribution < -0.4 is 10.2 Å². The molecule has 10 heteroatoms. The number of fused-ring (bicyclic) bond motifs is 3. The second-order valence-corrected chi connectivity index (χ2v) is 8.51. The molecule has 4 heterocycles. The zero-order valence-corrected chi connectivity index (χ0v) is 17.9. The fraction of sp³-hybridized carbons (Fsp3) is 0.364. The van der Waals surface area contributed by atoms with Crippen molar-refractivity contribution in [2.45, 2.75) is 18.0 Å². The van der Waals surface area contributed by atoms with E-state index in [0.29, 0.717) is 29.6 Å². The van der Waals surface area contributed by atoms with Crippen molar-refractivity contribution in [3.8, 4) is 0 Å². The Hall–Kier alpha value is -3.17. The third-order valence-corrected chi connectivity index (χ3v) is 6.90. The van der Waals surface area contributed by atoms with E-state index in [2.05, 4.69) is 5.32 Å². The average Bonchev–Trinajstić information content (AvgIpc) is 3.46. The second kappa shape index (κ2) is 7.46. The minimum atomic E-state index is -1.57. The summed E-state index contributed by atoms with van der Waals surface area (Å²) in [6, 6.07) is 9.04. The van der Waals surface area contributed by atoms with Crippen LogP contribution >= 0.6 is 11.6 Å². The van der Waals surface area contributed by atoms with Crippen LogP contribution in [-0.4, -0.2) is 54.3 Å². The Morgan fingerprint density at radius 1 is 1.22 bits per heavy atom. The number of nitrogens with one attached hydrogen (secondary N) is 1. The minimum absolute atomic E-state index is 0.321. The number of amides is 3. The maximum atomic E-state index is 13.8. The number of hydrogen-bond donors (Lipinski definition) is 1. The molecule has 3 aliphatic rings. The van der Waals surface area contributed by atoms with Crippen molar-refractivity contribution >= 4 is 41.0 Å². The number of furan rings is 1. The molecule has 9 nitrogen and oxygen atoms in total. The minimum Gasteiger partial charge on any atom is -0.469 e. The van der Waals surface area contributed by atoms with Gasteiger partial charge in [-0.15, -0.1) is 0 Å². The summed E-state index contributed by atoms with van der Waals surface area (Å²) in [6.45, 7) is 0.671. The molecule has 0 radical (unpaired) electrons. The summed E-state index contributed by atoms with van der Waals surface area (Å²) >= 11 is 5.97. The van der Waals surface area contributed by atoms with Gasteiger partial charge in [-0.2, -0.15) is 0 Å². The number of ether oxygens (including phenoxy) is 1. The number of anilines is 1. The van der Waals surface area contributed by atoms with Gasteiger partial charge in [0.2, 0.25) is 17.7 Å². The summed E-state index contributed by atoms with van der Waals surface area (Å²) in [5.74, 6) is -3.63. The number of halogens is 1. The Labute approximate surface area is 188 Å². The van der Waals surface area contributed by atoms with Crippen molar-refractivity contribution < 1.29 is 28.3 Å². The van der Waals surface area contributed by atoms with Crippen molar-refractivity contribution in [2.75, 3.05) is 25.1 Å². The number of rotatable bonds is 4. The largest absolute Gasteiger partial charge is 0.469 e. The first-order valence-corrected chi connectivity index (χ1v) is 10.6. The molecule has 2 aromatic rings. The van der Waals surface area contributed by atoms with E-state index in [-0.39, 0.29) is 6.42 Å². The molecule has 1 aromatic carbocycles. The van der Waals surface area contributed by atoms with Crippen molar-refractivity contribution in [3.05, 3.63) is 53.4 Å². The van der Waals surface area contributed by atoms with Gasteiger partial charge >= 0.3 is 5.97 Å². The summed E-state index contributed by atoms with van der Waals surface area (Å²) in [5.41, 5.74) is -1.21. The van der Waals surface area contributed by atoms with Crippen molar-refractivity contribution in [1.82, 2.24) is 10.2 Å². The van der Waals surface area contributed by atoms with Gasteiger partial charge in [0.1, 0.15) is 11.3 Å². The number of esters is 1. The predicted octanol–water partition coefficient (Wildman–Crippen LogP) is 1.53. The van der Waals surface area contributed by atoms with Gasteiger partial charge in [0, 0.05) is 18.1 Å². The highest BCUT2D eigenvalue weighted by molar-refractivity contribution is 6.31. The third-order valence-electron chi connectivity index (χ3n) is 6.65. The monoisotopic (exact) mass is 457 g/mol. The molecule has 3 amide bonds. The molecule has 0 spiro atoms.